The minimum Gasteiger partial charge on any atom is -0.320 e. The lowest BCUT2D eigenvalue weighted by molar-refractivity contribution is -0.384. The number of amides is 1. The Hall–Kier alpha value is -1.99. The van der Waals surface area contributed by atoms with Crippen LogP contribution >= 0.6 is 31.9 Å². The summed E-state index contributed by atoms with van der Waals surface area (Å²) in [6.45, 7) is 1.93. The van der Waals surface area contributed by atoms with Crippen molar-refractivity contribution in [3.05, 3.63) is 66.1 Å². The van der Waals surface area contributed by atoms with Gasteiger partial charge < -0.3 is 5.32 Å². The van der Waals surface area contributed by atoms with E-state index < -0.39 is 4.92 Å². The number of benzene rings is 2. The number of fused-ring (bicyclic) bond motifs is 1. The molecule has 2 aromatic rings. The largest absolute Gasteiger partial charge is 0.320 e. The lowest BCUT2D eigenvalue weighted by Gasteiger charge is -2.08. The lowest BCUT2D eigenvalue weighted by atomic mass is 9.99. The summed E-state index contributed by atoms with van der Waals surface area (Å²) in [5.74, 6) is -0.194. The van der Waals surface area contributed by atoms with E-state index in [1.165, 1.54) is 12.1 Å². The third kappa shape index (κ3) is 2.82. The van der Waals surface area contributed by atoms with Gasteiger partial charge in [-0.1, -0.05) is 15.9 Å². The fraction of sp³-hybridized carbons (Fsp3) is 0.0625. The molecule has 7 heteroatoms. The molecule has 0 saturated carbocycles. The molecule has 0 unspecified atom stereocenters. The van der Waals surface area contributed by atoms with Gasteiger partial charge in [0.2, 0.25) is 0 Å². The molecule has 1 heterocycles. The number of hydrogen-bond acceptors (Lipinski definition) is 3. The van der Waals surface area contributed by atoms with E-state index >= 15 is 0 Å². The fourth-order valence-corrected chi connectivity index (χ4v) is 3.73. The number of nitrogens with zero attached hydrogens (tertiary/aromatic N) is 1. The minimum absolute atomic E-state index is 0.0186. The van der Waals surface area contributed by atoms with Crippen molar-refractivity contribution in [3.63, 3.8) is 0 Å². The Morgan fingerprint density at radius 3 is 2.43 bits per heavy atom. The van der Waals surface area contributed by atoms with Gasteiger partial charge in [-0.2, -0.15) is 0 Å². The van der Waals surface area contributed by atoms with Gasteiger partial charge in [-0.3, -0.25) is 14.9 Å². The van der Waals surface area contributed by atoms with Crippen molar-refractivity contribution < 1.29 is 9.72 Å². The van der Waals surface area contributed by atoms with Gasteiger partial charge in [0.25, 0.3) is 11.6 Å². The molecule has 0 fully saturated rings. The van der Waals surface area contributed by atoms with Gasteiger partial charge in [-0.25, -0.2) is 0 Å². The van der Waals surface area contributed by atoms with Crippen LogP contribution in [0.4, 0.5) is 11.4 Å². The number of anilines is 1. The van der Waals surface area contributed by atoms with Crippen molar-refractivity contribution in [3.8, 4) is 0 Å². The predicted molar refractivity (Wildman–Crippen MR) is 96.2 cm³/mol. The Morgan fingerprint density at radius 2 is 1.83 bits per heavy atom. The molecule has 1 aliphatic heterocycles. The van der Waals surface area contributed by atoms with Crippen LogP contribution in [0.3, 0.4) is 0 Å². The van der Waals surface area contributed by atoms with Crippen molar-refractivity contribution in [2.75, 3.05) is 5.32 Å². The van der Waals surface area contributed by atoms with Crippen molar-refractivity contribution in [1.82, 2.24) is 0 Å². The highest BCUT2D eigenvalue weighted by molar-refractivity contribution is 9.11. The van der Waals surface area contributed by atoms with Crippen molar-refractivity contribution in [2.24, 2.45) is 0 Å². The minimum atomic E-state index is -0.452. The second-order valence-corrected chi connectivity index (χ2v) is 6.78. The van der Waals surface area contributed by atoms with Gasteiger partial charge in [0.15, 0.2) is 0 Å². The summed E-state index contributed by atoms with van der Waals surface area (Å²) in [5, 5.41) is 13.6. The topological polar surface area (TPSA) is 72.2 Å². The molecule has 0 saturated heterocycles. The van der Waals surface area contributed by atoms with E-state index in [0.717, 1.165) is 31.3 Å². The monoisotopic (exact) mass is 436 g/mol. The molecule has 1 aliphatic rings. The van der Waals surface area contributed by atoms with E-state index in [1.54, 1.807) is 18.2 Å². The maximum Gasteiger partial charge on any atom is 0.269 e. The molecule has 0 spiro atoms. The van der Waals surface area contributed by atoms with Crippen LogP contribution in [0.2, 0.25) is 0 Å². The Balaban J connectivity index is 2.12. The first-order chi connectivity index (χ1) is 10.9. The number of carbonyl (C=O) groups excluding carboxylic acids is 1. The summed E-state index contributed by atoms with van der Waals surface area (Å²) < 4.78 is 1.69. The normalized spacial score (nSPS) is 14.7. The van der Waals surface area contributed by atoms with Crippen molar-refractivity contribution in [2.45, 2.75) is 6.92 Å². The summed E-state index contributed by atoms with van der Waals surface area (Å²) >= 11 is 6.94. The van der Waals surface area contributed by atoms with Gasteiger partial charge in [0, 0.05) is 32.2 Å². The van der Waals surface area contributed by atoms with Crippen LogP contribution < -0.4 is 5.32 Å². The molecule has 1 N–H and O–H groups in total. The zero-order chi connectivity index (χ0) is 16.7. The molecule has 0 atom stereocenters. The number of non-ortho nitro benzene ring substituents is 1. The lowest BCUT2D eigenvalue weighted by Crippen LogP contribution is -2.03. The van der Waals surface area contributed by atoms with Gasteiger partial charge in [0.1, 0.15) is 0 Å². The van der Waals surface area contributed by atoms with E-state index in [9.17, 15) is 14.9 Å². The Labute approximate surface area is 148 Å². The van der Waals surface area contributed by atoms with Crippen molar-refractivity contribution >= 4 is 60.8 Å². The first-order valence-electron chi connectivity index (χ1n) is 6.65. The second kappa shape index (κ2) is 5.90. The second-order valence-electron chi connectivity index (χ2n) is 5.08. The first kappa shape index (κ1) is 15.9. The summed E-state index contributed by atoms with van der Waals surface area (Å²) in [5.41, 5.74) is 3.80. The van der Waals surface area contributed by atoms with Crippen LogP contribution in [0.25, 0.3) is 11.6 Å². The molecule has 0 aromatic heterocycles. The molecular weight excluding hydrogens is 428 g/mol. The molecule has 0 bridgehead atoms. The van der Waals surface area contributed by atoms with Crippen LogP contribution in [-0.4, -0.2) is 10.8 Å². The highest BCUT2D eigenvalue weighted by Gasteiger charge is 2.29. The Kier molecular flexibility index (Phi) is 4.08. The third-order valence-corrected chi connectivity index (χ3v) is 5.09. The zero-order valence-electron chi connectivity index (χ0n) is 11.9. The fourth-order valence-electron chi connectivity index (χ4n) is 2.47. The first-order valence-corrected chi connectivity index (χ1v) is 8.23. The number of carbonyl (C=O) groups is 1. The van der Waals surface area contributed by atoms with E-state index in [4.69, 9.17) is 0 Å². The van der Waals surface area contributed by atoms with Crippen LogP contribution in [0.1, 0.15) is 16.7 Å². The molecule has 1 amide bonds. The molecule has 0 aliphatic carbocycles. The molecule has 2 aromatic carbocycles. The molecule has 3 rings (SSSR count). The SMILES string of the molecule is Cc1c(Br)cc(Br)c2c1C(=Cc1ccc([N+](=O)[O-])cc1)C(=O)N2. The summed E-state index contributed by atoms with van der Waals surface area (Å²) in [4.78, 5) is 22.6. The van der Waals surface area contributed by atoms with Gasteiger partial charge in [0.05, 0.1) is 10.6 Å². The highest BCUT2D eigenvalue weighted by Crippen LogP contribution is 2.43. The number of nitrogens with one attached hydrogen (secondary N) is 1. The number of hydrogen-bond donors (Lipinski definition) is 1. The quantitative estimate of drug-likeness (QED) is 0.411. The van der Waals surface area contributed by atoms with Crippen molar-refractivity contribution in [1.29, 1.82) is 0 Å². The molecule has 116 valence electrons. The zero-order valence-corrected chi connectivity index (χ0v) is 15.1. The maximum absolute atomic E-state index is 12.3. The van der Waals surface area contributed by atoms with Gasteiger partial charge in [-0.15, -0.1) is 0 Å². The molecular formula is C16H10Br2N2O3. The summed E-state index contributed by atoms with van der Waals surface area (Å²) in [6.07, 6.45) is 1.73. The van der Waals surface area contributed by atoms with E-state index in [-0.39, 0.29) is 11.6 Å². The van der Waals surface area contributed by atoms with E-state index in [2.05, 4.69) is 37.2 Å². The standard InChI is InChI=1S/C16H10Br2N2O3/c1-8-12(17)7-13(18)15-14(8)11(16(21)19-15)6-9-2-4-10(5-3-9)20(22)23/h2-7H,1H3,(H,19,21). The Morgan fingerprint density at radius 1 is 1.17 bits per heavy atom. The molecule has 5 nitrogen and oxygen atoms in total. The van der Waals surface area contributed by atoms with Crippen LogP contribution in [0, 0.1) is 17.0 Å². The summed E-state index contributed by atoms with van der Waals surface area (Å²) in [6, 6.07) is 7.98. The third-order valence-electron chi connectivity index (χ3n) is 3.64. The molecule has 0 radical (unpaired) electrons. The maximum atomic E-state index is 12.3. The van der Waals surface area contributed by atoms with E-state index in [0.29, 0.717) is 5.57 Å². The summed E-state index contributed by atoms with van der Waals surface area (Å²) in [7, 11) is 0. The van der Waals surface area contributed by atoms with Gasteiger partial charge >= 0.3 is 0 Å². The number of nitro groups is 1. The number of halogens is 2. The average Bonchev–Trinajstić information content (AvgIpc) is 2.83. The van der Waals surface area contributed by atoms with Crippen LogP contribution in [0.15, 0.2) is 39.3 Å². The highest BCUT2D eigenvalue weighted by atomic mass is 79.9. The molecule has 23 heavy (non-hydrogen) atoms. The van der Waals surface area contributed by atoms with E-state index in [1.807, 2.05) is 13.0 Å². The van der Waals surface area contributed by atoms with Crippen LogP contribution in [0.5, 0.6) is 0 Å². The predicted octanol–water partition coefficient (Wildman–Crippen LogP) is 4.92. The number of nitro benzene ring substituents is 1. The Bertz CT molecular complexity index is 874. The average molecular weight is 438 g/mol. The van der Waals surface area contributed by atoms with Gasteiger partial charge in [-0.05, 0) is 58.3 Å². The smallest absolute Gasteiger partial charge is 0.269 e. The number of rotatable bonds is 2. The van der Waals surface area contributed by atoms with Crippen LogP contribution in [-0.2, 0) is 4.79 Å².